The summed E-state index contributed by atoms with van der Waals surface area (Å²) in [6.07, 6.45) is 67.1. The minimum atomic E-state index is -0.776. The molecule has 0 rings (SSSR count). The molecule has 59 heavy (non-hydrogen) atoms. The van der Waals surface area contributed by atoms with Gasteiger partial charge in [0.25, 0.3) is 0 Å². The summed E-state index contributed by atoms with van der Waals surface area (Å²) in [7, 11) is 0. The molecule has 0 radical (unpaired) electrons. The van der Waals surface area contributed by atoms with Crippen LogP contribution in [0.2, 0.25) is 0 Å². The van der Waals surface area contributed by atoms with Crippen LogP contribution in [0.15, 0.2) is 72.9 Å². The first-order chi connectivity index (χ1) is 29.1. The summed E-state index contributed by atoms with van der Waals surface area (Å²) in [4.78, 5) is 24.4. The zero-order chi connectivity index (χ0) is 42.8. The summed E-state index contributed by atoms with van der Waals surface area (Å²) >= 11 is 0. The largest absolute Gasteiger partial charge is 0.462 e. The van der Waals surface area contributed by atoms with Gasteiger partial charge >= 0.3 is 11.9 Å². The van der Waals surface area contributed by atoms with Crippen LogP contribution in [-0.4, -0.2) is 36.4 Å². The molecule has 0 aliphatic rings. The lowest BCUT2D eigenvalue weighted by atomic mass is 10.0. The molecule has 5 heteroatoms. The highest BCUT2D eigenvalue weighted by molar-refractivity contribution is 5.70. The molecule has 0 saturated carbocycles. The van der Waals surface area contributed by atoms with E-state index in [1.807, 2.05) is 0 Å². The Morgan fingerprint density at radius 3 is 1.12 bits per heavy atom. The quantitative estimate of drug-likeness (QED) is 0.0376. The molecule has 0 saturated heterocycles. The number of aliphatic hydroxyl groups is 1. The number of hydrogen-bond donors (Lipinski definition) is 1. The lowest BCUT2D eigenvalue weighted by Gasteiger charge is -2.15. The van der Waals surface area contributed by atoms with E-state index in [0.717, 1.165) is 77.0 Å². The zero-order valence-electron chi connectivity index (χ0n) is 38.7. The summed E-state index contributed by atoms with van der Waals surface area (Å²) in [6.45, 7) is 4.02. The van der Waals surface area contributed by atoms with Crippen molar-refractivity contribution in [2.24, 2.45) is 0 Å². The second kappa shape index (κ2) is 49.7. The number of unbranched alkanes of at least 4 members (excludes halogenated alkanes) is 25. The first kappa shape index (κ1) is 56.3. The van der Waals surface area contributed by atoms with Crippen molar-refractivity contribution in [1.82, 2.24) is 0 Å². The maximum Gasteiger partial charge on any atom is 0.306 e. The third-order valence-corrected chi connectivity index (χ3v) is 10.7. The average molecular weight is 823 g/mol. The first-order valence-corrected chi connectivity index (χ1v) is 25.0. The Morgan fingerprint density at radius 1 is 0.407 bits per heavy atom. The molecule has 0 fully saturated rings. The van der Waals surface area contributed by atoms with E-state index in [9.17, 15) is 14.7 Å². The van der Waals surface area contributed by atoms with Gasteiger partial charge in [0.1, 0.15) is 6.61 Å². The Bertz CT molecular complexity index is 1070. The number of carbonyl (C=O) groups is 2. The normalized spacial score (nSPS) is 12.8. The predicted molar refractivity (Wildman–Crippen MR) is 256 cm³/mol. The number of hydrogen-bond acceptors (Lipinski definition) is 5. The van der Waals surface area contributed by atoms with Gasteiger partial charge in [0.05, 0.1) is 6.61 Å². The summed E-state index contributed by atoms with van der Waals surface area (Å²) < 4.78 is 10.7. The van der Waals surface area contributed by atoms with Crippen molar-refractivity contribution in [3.63, 3.8) is 0 Å². The molecule has 0 amide bonds. The van der Waals surface area contributed by atoms with Crippen LogP contribution in [0.4, 0.5) is 0 Å². The average Bonchev–Trinajstić information content (AvgIpc) is 3.24. The fraction of sp³-hybridized carbons (Fsp3) is 0.741. The van der Waals surface area contributed by atoms with E-state index in [0.29, 0.717) is 12.8 Å². The third kappa shape index (κ3) is 47.9. The van der Waals surface area contributed by atoms with Crippen LogP contribution < -0.4 is 0 Å². The molecular weight excluding hydrogens is 729 g/mol. The maximum atomic E-state index is 12.3. The predicted octanol–water partition coefficient (Wildman–Crippen LogP) is 16.5. The number of allylic oxidation sites excluding steroid dienone is 12. The van der Waals surface area contributed by atoms with E-state index >= 15 is 0 Å². The lowest BCUT2D eigenvalue weighted by Crippen LogP contribution is -2.28. The van der Waals surface area contributed by atoms with E-state index < -0.39 is 6.10 Å². The second-order valence-corrected chi connectivity index (χ2v) is 16.5. The fourth-order valence-electron chi connectivity index (χ4n) is 6.99. The minimum Gasteiger partial charge on any atom is -0.462 e. The van der Waals surface area contributed by atoms with E-state index in [1.165, 1.54) is 135 Å². The van der Waals surface area contributed by atoms with E-state index in [4.69, 9.17) is 9.47 Å². The Balaban J connectivity index is 3.49. The Hall–Kier alpha value is -2.66. The molecule has 0 spiro atoms. The molecule has 0 aliphatic heterocycles. The number of ether oxygens (including phenoxy) is 2. The monoisotopic (exact) mass is 823 g/mol. The molecule has 0 aromatic heterocycles. The Morgan fingerprint density at radius 2 is 0.729 bits per heavy atom. The van der Waals surface area contributed by atoms with Gasteiger partial charge in [-0.3, -0.25) is 9.59 Å². The van der Waals surface area contributed by atoms with Gasteiger partial charge in [0, 0.05) is 12.8 Å². The molecule has 0 heterocycles. The van der Waals surface area contributed by atoms with Crippen molar-refractivity contribution in [2.75, 3.05) is 13.2 Å². The van der Waals surface area contributed by atoms with Gasteiger partial charge in [0.15, 0.2) is 6.10 Å². The van der Waals surface area contributed by atoms with Crippen molar-refractivity contribution in [2.45, 2.75) is 245 Å². The number of aliphatic hydroxyl groups excluding tert-OH is 1. The molecule has 0 aliphatic carbocycles. The van der Waals surface area contributed by atoms with Crippen LogP contribution in [0, 0.1) is 0 Å². The summed E-state index contributed by atoms with van der Waals surface area (Å²) in [5.41, 5.74) is 0. The van der Waals surface area contributed by atoms with Crippen LogP contribution in [-0.2, 0) is 19.1 Å². The molecule has 1 unspecified atom stereocenters. The highest BCUT2D eigenvalue weighted by Crippen LogP contribution is 2.15. The van der Waals surface area contributed by atoms with E-state index in [2.05, 4.69) is 86.8 Å². The van der Waals surface area contributed by atoms with E-state index in [-0.39, 0.29) is 25.2 Å². The molecule has 0 bridgehead atoms. The molecule has 5 nitrogen and oxygen atoms in total. The van der Waals surface area contributed by atoms with Gasteiger partial charge < -0.3 is 14.6 Å². The third-order valence-electron chi connectivity index (χ3n) is 10.7. The van der Waals surface area contributed by atoms with Crippen molar-refractivity contribution >= 4 is 11.9 Å². The maximum absolute atomic E-state index is 12.3. The Labute approximate surface area is 365 Å². The van der Waals surface area contributed by atoms with Crippen LogP contribution >= 0.6 is 0 Å². The van der Waals surface area contributed by atoms with Crippen molar-refractivity contribution in [1.29, 1.82) is 0 Å². The van der Waals surface area contributed by atoms with Gasteiger partial charge in [0.2, 0.25) is 0 Å². The van der Waals surface area contributed by atoms with Crippen LogP contribution in [0.3, 0.4) is 0 Å². The molecule has 1 N–H and O–H groups in total. The molecule has 340 valence electrons. The topological polar surface area (TPSA) is 72.8 Å². The lowest BCUT2D eigenvalue weighted by molar-refractivity contribution is -0.161. The molecule has 0 aromatic rings. The standard InChI is InChI=1S/C54H94O5/c1-3-5-7-9-11-13-15-17-19-20-21-22-23-24-25-26-27-28-29-30-31-32-33-34-35-37-39-41-43-45-47-49-54(57)59-52(50-55)51-58-53(56)48-46-44-42-40-38-36-18-16-14-12-10-8-6-4-2/h5,7,11,13,16-19,21-22,24-25,52,55H,3-4,6,8-10,12,14-15,20,23,26-51H2,1-2H3/b7-5-,13-11-,18-16-,19-17-,22-21-,25-24-. The van der Waals surface area contributed by atoms with Gasteiger partial charge in [-0.1, -0.05) is 215 Å². The van der Waals surface area contributed by atoms with Gasteiger partial charge in [-0.15, -0.1) is 0 Å². The second-order valence-electron chi connectivity index (χ2n) is 16.5. The van der Waals surface area contributed by atoms with Gasteiger partial charge in [-0.05, 0) is 83.5 Å². The van der Waals surface area contributed by atoms with Gasteiger partial charge in [-0.25, -0.2) is 0 Å². The van der Waals surface area contributed by atoms with Crippen molar-refractivity contribution < 1.29 is 24.2 Å². The highest BCUT2D eigenvalue weighted by Gasteiger charge is 2.16. The van der Waals surface area contributed by atoms with E-state index in [1.54, 1.807) is 0 Å². The molecule has 0 aromatic carbocycles. The summed E-state index contributed by atoms with van der Waals surface area (Å²) in [5, 5.41) is 9.60. The Kier molecular flexibility index (Phi) is 47.5. The number of carbonyl (C=O) groups excluding carboxylic acids is 2. The smallest absolute Gasteiger partial charge is 0.306 e. The summed E-state index contributed by atoms with van der Waals surface area (Å²) in [5.74, 6) is -0.598. The van der Waals surface area contributed by atoms with Crippen molar-refractivity contribution in [3.05, 3.63) is 72.9 Å². The SMILES string of the molecule is CC/C=C\C/C=C\C/C=C\C/C=C\C/C=C\CCCCCCCCCCCCCCCCCC(=O)OC(CO)COC(=O)CCCCCCC/C=C\CCCCCCC. The molecular formula is C54H94O5. The zero-order valence-corrected chi connectivity index (χ0v) is 38.7. The summed E-state index contributed by atoms with van der Waals surface area (Å²) in [6, 6.07) is 0. The van der Waals surface area contributed by atoms with Crippen LogP contribution in [0.5, 0.6) is 0 Å². The molecule has 1 atom stereocenters. The number of rotatable bonds is 45. The minimum absolute atomic E-state index is 0.0704. The number of esters is 2. The van der Waals surface area contributed by atoms with Crippen LogP contribution in [0.1, 0.15) is 239 Å². The fourth-order valence-corrected chi connectivity index (χ4v) is 6.99. The first-order valence-electron chi connectivity index (χ1n) is 25.0. The van der Waals surface area contributed by atoms with Crippen molar-refractivity contribution in [3.8, 4) is 0 Å². The highest BCUT2D eigenvalue weighted by atomic mass is 16.6. The van der Waals surface area contributed by atoms with Gasteiger partial charge in [-0.2, -0.15) is 0 Å². The van der Waals surface area contributed by atoms with Crippen LogP contribution in [0.25, 0.3) is 0 Å².